The number of nitrogens with two attached hydrogens (primary N) is 1. The van der Waals surface area contributed by atoms with E-state index in [1.165, 1.54) is 11.3 Å². The van der Waals surface area contributed by atoms with Crippen molar-refractivity contribution < 1.29 is 9.53 Å². The molecular formula is C18H25N5O2S. The second-order valence-electron chi connectivity index (χ2n) is 6.33. The maximum atomic E-state index is 12.2. The summed E-state index contributed by atoms with van der Waals surface area (Å²) in [4.78, 5) is 22.6. The van der Waals surface area contributed by atoms with Crippen LogP contribution in [0.2, 0.25) is 0 Å². The molecule has 2 amide bonds. The van der Waals surface area contributed by atoms with E-state index < -0.39 is 0 Å². The van der Waals surface area contributed by atoms with Crippen molar-refractivity contribution in [3.05, 3.63) is 41.2 Å². The lowest BCUT2D eigenvalue weighted by atomic mass is 10.1. The molecule has 3 N–H and O–H groups in total. The number of rotatable bonds is 7. The number of pyridine rings is 1. The molecule has 0 radical (unpaired) electrons. The fourth-order valence-corrected chi connectivity index (χ4v) is 3.52. The average molecular weight is 375 g/mol. The summed E-state index contributed by atoms with van der Waals surface area (Å²) < 4.78 is 5.91. The lowest BCUT2D eigenvalue weighted by Crippen LogP contribution is -2.46. The van der Waals surface area contributed by atoms with Crippen LogP contribution in [0.4, 0.5) is 9.93 Å². The molecule has 0 saturated carbocycles. The summed E-state index contributed by atoms with van der Waals surface area (Å²) in [5.74, 6) is 0. The number of hydrogen-bond donors (Lipinski definition) is 2. The van der Waals surface area contributed by atoms with Gasteiger partial charge in [-0.05, 0) is 37.8 Å². The molecule has 1 aliphatic heterocycles. The Morgan fingerprint density at radius 3 is 2.88 bits per heavy atom. The van der Waals surface area contributed by atoms with E-state index in [-0.39, 0.29) is 12.1 Å². The number of urea groups is 1. The van der Waals surface area contributed by atoms with Crippen molar-refractivity contribution in [1.82, 2.24) is 20.2 Å². The fourth-order valence-electron chi connectivity index (χ4n) is 2.93. The molecule has 3 rings (SSSR count). The van der Waals surface area contributed by atoms with Gasteiger partial charge in [-0.25, -0.2) is 9.78 Å². The lowest BCUT2D eigenvalue weighted by molar-refractivity contribution is 0.00309. The van der Waals surface area contributed by atoms with Crippen molar-refractivity contribution >= 4 is 22.5 Å². The normalized spacial score (nSPS) is 15.2. The standard InChI is InChI=1S/C18H25N5O2S/c19-17-22-15(13-26-17)5-3-9-21-18(24)23-10-6-16(7-11-23)25-12-14-4-1-2-8-20-14/h1-2,4,8,13,16H,3,5-7,9-12H2,(H2,19,22)(H,21,24). The number of nitrogens with zero attached hydrogens (tertiary/aromatic N) is 3. The number of aryl methyl sites for hydroxylation is 1. The number of carbonyl (C=O) groups is 1. The quantitative estimate of drug-likeness (QED) is 0.725. The second-order valence-corrected chi connectivity index (χ2v) is 7.22. The van der Waals surface area contributed by atoms with E-state index in [1.54, 1.807) is 6.20 Å². The van der Waals surface area contributed by atoms with Crippen molar-refractivity contribution in [1.29, 1.82) is 0 Å². The molecule has 0 unspecified atom stereocenters. The average Bonchev–Trinajstić information content (AvgIpc) is 3.10. The van der Waals surface area contributed by atoms with Gasteiger partial charge in [0.25, 0.3) is 0 Å². The smallest absolute Gasteiger partial charge is 0.317 e. The number of ether oxygens (including phenoxy) is 1. The van der Waals surface area contributed by atoms with Gasteiger partial charge in [-0.3, -0.25) is 4.98 Å². The SMILES string of the molecule is Nc1nc(CCCNC(=O)N2CCC(OCc3ccccn3)CC2)cs1. The van der Waals surface area contributed by atoms with Crippen LogP contribution < -0.4 is 11.1 Å². The van der Waals surface area contributed by atoms with E-state index in [0.29, 0.717) is 18.3 Å². The summed E-state index contributed by atoms with van der Waals surface area (Å²) in [7, 11) is 0. The summed E-state index contributed by atoms with van der Waals surface area (Å²) in [6, 6.07) is 5.82. The molecule has 3 heterocycles. The van der Waals surface area contributed by atoms with Crippen LogP contribution in [-0.4, -0.2) is 46.6 Å². The van der Waals surface area contributed by atoms with Gasteiger partial charge in [0.1, 0.15) is 0 Å². The fraction of sp³-hybridized carbons (Fsp3) is 0.500. The molecule has 2 aromatic heterocycles. The Morgan fingerprint density at radius 2 is 2.19 bits per heavy atom. The highest BCUT2D eigenvalue weighted by Gasteiger charge is 2.23. The van der Waals surface area contributed by atoms with Crippen LogP contribution in [0.1, 0.15) is 30.7 Å². The van der Waals surface area contributed by atoms with Gasteiger partial charge < -0.3 is 20.7 Å². The summed E-state index contributed by atoms with van der Waals surface area (Å²) in [5, 5.41) is 5.54. The van der Waals surface area contributed by atoms with Crippen LogP contribution in [0.3, 0.4) is 0 Å². The Labute approximate surface area is 157 Å². The largest absolute Gasteiger partial charge is 0.375 e. The zero-order chi connectivity index (χ0) is 18.2. The van der Waals surface area contributed by atoms with Gasteiger partial charge >= 0.3 is 6.03 Å². The van der Waals surface area contributed by atoms with E-state index in [4.69, 9.17) is 10.5 Å². The number of piperidine rings is 1. The van der Waals surface area contributed by atoms with Crippen LogP contribution in [-0.2, 0) is 17.8 Å². The van der Waals surface area contributed by atoms with Crippen molar-refractivity contribution in [2.75, 3.05) is 25.4 Å². The van der Waals surface area contributed by atoms with Crippen molar-refractivity contribution in [2.45, 2.75) is 38.4 Å². The molecule has 140 valence electrons. The van der Waals surface area contributed by atoms with Crippen molar-refractivity contribution in [3.63, 3.8) is 0 Å². The number of carbonyl (C=O) groups excluding carboxylic acids is 1. The number of likely N-dealkylation sites (tertiary alicyclic amines) is 1. The minimum atomic E-state index is 0.00553. The highest BCUT2D eigenvalue weighted by molar-refractivity contribution is 7.13. The van der Waals surface area contributed by atoms with E-state index in [2.05, 4.69) is 15.3 Å². The molecule has 0 spiro atoms. The first-order valence-electron chi connectivity index (χ1n) is 8.95. The minimum Gasteiger partial charge on any atom is -0.375 e. The summed E-state index contributed by atoms with van der Waals surface area (Å²) >= 11 is 1.45. The molecule has 26 heavy (non-hydrogen) atoms. The highest BCUT2D eigenvalue weighted by Crippen LogP contribution is 2.15. The van der Waals surface area contributed by atoms with Gasteiger partial charge in [-0.1, -0.05) is 6.07 Å². The van der Waals surface area contributed by atoms with Crippen LogP contribution in [0.5, 0.6) is 0 Å². The van der Waals surface area contributed by atoms with Gasteiger partial charge in [-0.15, -0.1) is 11.3 Å². The Kier molecular flexibility index (Phi) is 6.79. The number of amides is 2. The molecule has 7 nitrogen and oxygen atoms in total. The molecule has 1 fully saturated rings. The Hall–Kier alpha value is -2.19. The zero-order valence-electron chi connectivity index (χ0n) is 14.8. The van der Waals surface area contributed by atoms with Crippen LogP contribution in [0.25, 0.3) is 0 Å². The Bertz CT molecular complexity index is 686. The third kappa shape index (κ3) is 5.67. The molecule has 0 bridgehead atoms. The molecular weight excluding hydrogens is 350 g/mol. The van der Waals surface area contributed by atoms with Gasteiger partial charge in [0.2, 0.25) is 0 Å². The molecule has 1 aliphatic rings. The first-order chi connectivity index (χ1) is 12.7. The van der Waals surface area contributed by atoms with E-state index >= 15 is 0 Å². The number of nitrogens with one attached hydrogen (secondary N) is 1. The van der Waals surface area contributed by atoms with E-state index in [1.807, 2.05) is 28.5 Å². The molecule has 0 aromatic carbocycles. The zero-order valence-corrected chi connectivity index (χ0v) is 15.6. The molecule has 1 saturated heterocycles. The van der Waals surface area contributed by atoms with Crippen LogP contribution in [0.15, 0.2) is 29.8 Å². The number of hydrogen-bond acceptors (Lipinski definition) is 6. The second kappa shape index (κ2) is 9.49. The van der Waals surface area contributed by atoms with Gasteiger partial charge in [0.05, 0.1) is 24.1 Å². The van der Waals surface area contributed by atoms with Gasteiger partial charge in [0.15, 0.2) is 5.13 Å². The monoisotopic (exact) mass is 375 g/mol. The highest BCUT2D eigenvalue weighted by atomic mass is 32.1. The van der Waals surface area contributed by atoms with E-state index in [0.717, 1.165) is 50.2 Å². The summed E-state index contributed by atoms with van der Waals surface area (Å²) in [5.41, 5.74) is 7.54. The van der Waals surface area contributed by atoms with E-state index in [9.17, 15) is 4.79 Å². The van der Waals surface area contributed by atoms with Crippen molar-refractivity contribution in [2.24, 2.45) is 0 Å². The number of anilines is 1. The van der Waals surface area contributed by atoms with Crippen LogP contribution >= 0.6 is 11.3 Å². The maximum absolute atomic E-state index is 12.2. The van der Waals surface area contributed by atoms with Crippen molar-refractivity contribution in [3.8, 4) is 0 Å². The first-order valence-corrected chi connectivity index (χ1v) is 9.83. The molecule has 0 aliphatic carbocycles. The Morgan fingerprint density at radius 1 is 1.35 bits per heavy atom. The van der Waals surface area contributed by atoms with Gasteiger partial charge in [0, 0.05) is 31.2 Å². The predicted octanol–water partition coefficient (Wildman–Crippen LogP) is 2.44. The number of thiazole rings is 1. The first kappa shape index (κ1) is 18.6. The van der Waals surface area contributed by atoms with Crippen LogP contribution in [0, 0.1) is 0 Å². The third-order valence-corrected chi connectivity index (χ3v) is 5.10. The minimum absolute atomic E-state index is 0.00553. The lowest BCUT2D eigenvalue weighted by Gasteiger charge is -2.32. The molecule has 2 aromatic rings. The summed E-state index contributed by atoms with van der Waals surface area (Å²) in [6.45, 7) is 2.62. The van der Waals surface area contributed by atoms with Gasteiger partial charge in [-0.2, -0.15) is 0 Å². The topological polar surface area (TPSA) is 93.4 Å². The Balaban J connectivity index is 1.29. The molecule has 0 atom stereocenters. The number of aromatic nitrogens is 2. The maximum Gasteiger partial charge on any atom is 0.317 e. The third-order valence-electron chi connectivity index (χ3n) is 4.38. The summed E-state index contributed by atoms with van der Waals surface area (Å²) in [6.07, 6.45) is 5.37. The molecule has 8 heteroatoms. The predicted molar refractivity (Wildman–Crippen MR) is 102 cm³/mol. The number of nitrogen functional groups attached to an aromatic ring is 1.